The molecule has 0 radical (unpaired) electrons. The van der Waals surface area contributed by atoms with E-state index in [-0.39, 0.29) is 11.3 Å². The standard InChI is InChI=1S/C19H25N3O3/c1-14-16(17(22-25-14)15-6-4-3-5-7-15)18(23)21-12-19(13-24-2)8-10-20-11-9-19/h3-7,20H,8-13H2,1-2H3,(H,21,23). The number of hydrogen-bond acceptors (Lipinski definition) is 5. The van der Waals surface area contributed by atoms with E-state index in [2.05, 4.69) is 15.8 Å². The van der Waals surface area contributed by atoms with Gasteiger partial charge in [-0.1, -0.05) is 35.5 Å². The number of aromatic nitrogens is 1. The summed E-state index contributed by atoms with van der Waals surface area (Å²) in [6, 6.07) is 9.62. The second-order valence-electron chi connectivity index (χ2n) is 6.69. The molecule has 0 bridgehead atoms. The van der Waals surface area contributed by atoms with Crippen molar-refractivity contribution in [1.29, 1.82) is 0 Å². The Morgan fingerprint density at radius 1 is 1.32 bits per heavy atom. The second kappa shape index (κ2) is 7.80. The van der Waals surface area contributed by atoms with Gasteiger partial charge in [0, 0.05) is 24.6 Å². The summed E-state index contributed by atoms with van der Waals surface area (Å²) in [5.74, 6) is 0.383. The molecule has 2 aromatic rings. The van der Waals surface area contributed by atoms with Gasteiger partial charge >= 0.3 is 0 Å². The fraction of sp³-hybridized carbons (Fsp3) is 0.474. The van der Waals surface area contributed by atoms with E-state index in [1.165, 1.54) is 0 Å². The first-order chi connectivity index (χ1) is 12.2. The molecule has 1 amide bonds. The van der Waals surface area contributed by atoms with Crippen LogP contribution in [0.15, 0.2) is 34.9 Å². The Morgan fingerprint density at radius 3 is 2.72 bits per heavy atom. The molecule has 134 valence electrons. The molecule has 0 spiro atoms. The van der Waals surface area contributed by atoms with Gasteiger partial charge in [-0.05, 0) is 32.9 Å². The number of ether oxygens (including phenoxy) is 1. The normalized spacial score (nSPS) is 16.6. The molecule has 3 rings (SSSR count). The van der Waals surface area contributed by atoms with Gasteiger partial charge in [-0.2, -0.15) is 0 Å². The lowest BCUT2D eigenvalue weighted by molar-refractivity contribution is 0.0511. The van der Waals surface area contributed by atoms with Crippen LogP contribution in [0.25, 0.3) is 11.3 Å². The Kier molecular flexibility index (Phi) is 5.50. The van der Waals surface area contributed by atoms with Crippen molar-refractivity contribution >= 4 is 5.91 Å². The molecular weight excluding hydrogens is 318 g/mol. The first-order valence-electron chi connectivity index (χ1n) is 8.65. The summed E-state index contributed by atoms with van der Waals surface area (Å²) < 4.78 is 10.7. The van der Waals surface area contributed by atoms with Gasteiger partial charge in [0.1, 0.15) is 17.0 Å². The van der Waals surface area contributed by atoms with Crippen molar-refractivity contribution in [3.8, 4) is 11.3 Å². The highest BCUT2D eigenvalue weighted by Gasteiger charge is 2.33. The van der Waals surface area contributed by atoms with Crippen LogP contribution in [0, 0.1) is 12.3 Å². The lowest BCUT2D eigenvalue weighted by Gasteiger charge is -2.37. The number of rotatable bonds is 6. The first kappa shape index (κ1) is 17.6. The second-order valence-corrected chi connectivity index (χ2v) is 6.69. The van der Waals surface area contributed by atoms with Crippen LogP contribution in [0.4, 0.5) is 0 Å². The third-order valence-corrected chi connectivity index (χ3v) is 4.88. The van der Waals surface area contributed by atoms with E-state index in [4.69, 9.17) is 9.26 Å². The van der Waals surface area contributed by atoms with E-state index in [9.17, 15) is 4.79 Å². The number of nitrogens with zero attached hydrogens (tertiary/aromatic N) is 1. The minimum absolute atomic E-state index is 0.0202. The Bertz CT molecular complexity index is 700. The van der Waals surface area contributed by atoms with Crippen LogP contribution < -0.4 is 10.6 Å². The fourth-order valence-corrected chi connectivity index (χ4v) is 3.42. The molecule has 0 atom stereocenters. The van der Waals surface area contributed by atoms with Crippen LogP contribution in [0.1, 0.15) is 29.0 Å². The molecular formula is C19H25N3O3. The number of amides is 1. The van der Waals surface area contributed by atoms with Crippen LogP contribution in [0.5, 0.6) is 0 Å². The molecule has 1 aromatic heterocycles. The minimum Gasteiger partial charge on any atom is -0.384 e. The maximum Gasteiger partial charge on any atom is 0.257 e. The molecule has 1 saturated heterocycles. The highest BCUT2D eigenvalue weighted by Crippen LogP contribution is 2.29. The minimum atomic E-state index is -0.147. The summed E-state index contributed by atoms with van der Waals surface area (Å²) in [6.07, 6.45) is 1.96. The van der Waals surface area contributed by atoms with E-state index in [1.807, 2.05) is 30.3 Å². The van der Waals surface area contributed by atoms with Gasteiger partial charge < -0.3 is 19.9 Å². The topological polar surface area (TPSA) is 76.4 Å². The number of aryl methyl sites for hydroxylation is 1. The predicted octanol–water partition coefficient (Wildman–Crippen LogP) is 2.40. The van der Waals surface area contributed by atoms with Gasteiger partial charge in [-0.3, -0.25) is 4.79 Å². The molecule has 2 N–H and O–H groups in total. The Hall–Kier alpha value is -2.18. The summed E-state index contributed by atoms with van der Waals surface area (Å²) in [7, 11) is 1.71. The van der Waals surface area contributed by atoms with Gasteiger partial charge in [-0.15, -0.1) is 0 Å². The quantitative estimate of drug-likeness (QED) is 0.842. The number of benzene rings is 1. The number of carbonyl (C=O) groups excluding carboxylic acids is 1. The van der Waals surface area contributed by atoms with E-state index < -0.39 is 0 Å². The van der Waals surface area contributed by atoms with Crippen LogP contribution in [0.2, 0.25) is 0 Å². The molecule has 1 fully saturated rings. The lowest BCUT2D eigenvalue weighted by Crippen LogP contribution is -2.47. The summed E-state index contributed by atoms with van der Waals surface area (Å²) in [5.41, 5.74) is 1.94. The van der Waals surface area contributed by atoms with E-state index in [0.29, 0.717) is 30.2 Å². The highest BCUT2D eigenvalue weighted by atomic mass is 16.5. The fourth-order valence-electron chi connectivity index (χ4n) is 3.42. The molecule has 25 heavy (non-hydrogen) atoms. The van der Waals surface area contributed by atoms with E-state index in [0.717, 1.165) is 31.5 Å². The largest absolute Gasteiger partial charge is 0.384 e. The van der Waals surface area contributed by atoms with E-state index in [1.54, 1.807) is 14.0 Å². The molecule has 2 heterocycles. The summed E-state index contributed by atoms with van der Waals surface area (Å²) in [6.45, 7) is 4.88. The summed E-state index contributed by atoms with van der Waals surface area (Å²) >= 11 is 0. The van der Waals surface area contributed by atoms with Crippen molar-refractivity contribution in [1.82, 2.24) is 15.8 Å². The highest BCUT2D eigenvalue weighted by molar-refractivity contribution is 6.00. The molecule has 1 aliphatic rings. The van der Waals surface area contributed by atoms with Gasteiger partial charge in [-0.25, -0.2) is 0 Å². The molecule has 6 heteroatoms. The SMILES string of the molecule is COCC1(CNC(=O)c2c(-c3ccccc3)noc2C)CCNCC1. The predicted molar refractivity (Wildman–Crippen MR) is 95.4 cm³/mol. The van der Waals surface area contributed by atoms with Crippen LogP contribution in [-0.2, 0) is 4.74 Å². The van der Waals surface area contributed by atoms with Crippen LogP contribution in [-0.4, -0.2) is 44.4 Å². The van der Waals surface area contributed by atoms with Gasteiger partial charge in [0.2, 0.25) is 0 Å². The smallest absolute Gasteiger partial charge is 0.257 e. The monoisotopic (exact) mass is 343 g/mol. The van der Waals surface area contributed by atoms with Gasteiger partial charge in [0.05, 0.1) is 6.61 Å². The zero-order valence-electron chi connectivity index (χ0n) is 14.8. The number of methoxy groups -OCH3 is 1. The van der Waals surface area contributed by atoms with Gasteiger partial charge in [0.15, 0.2) is 0 Å². The van der Waals surface area contributed by atoms with Crippen LogP contribution in [0.3, 0.4) is 0 Å². The van der Waals surface area contributed by atoms with Crippen molar-refractivity contribution in [2.75, 3.05) is 33.4 Å². The average molecular weight is 343 g/mol. The molecule has 0 aliphatic carbocycles. The molecule has 1 aliphatic heterocycles. The zero-order chi connectivity index (χ0) is 17.7. The average Bonchev–Trinajstić information content (AvgIpc) is 3.03. The maximum atomic E-state index is 12.8. The van der Waals surface area contributed by atoms with Gasteiger partial charge in [0.25, 0.3) is 5.91 Å². The van der Waals surface area contributed by atoms with Crippen molar-refractivity contribution in [3.63, 3.8) is 0 Å². The Balaban J connectivity index is 1.76. The zero-order valence-corrected chi connectivity index (χ0v) is 14.8. The first-order valence-corrected chi connectivity index (χ1v) is 8.65. The molecule has 1 aromatic carbocycles. The summed E-state index contributed by atoms with van der Waals surface area (Å²) in [4.78, 5) is 12.8. The van der Waals surface area contributed by atoms with Crippen molar-refractivity contribution in [3.05, 3.63) is 41.7 Å². The third-order valence-electron chi connectivity index (χ3n) is 4.88. The van der Waals surface area contributed by atoms with Crippen LogP contribution >= 0.6 is 0 Å². The maximum absolute atomic E-state index is 12.8. The third kappa shape index (κ3) is 3.91. The summed E-state index contributed by atoms with van der Waals surface area (Å²) in [5, 5.41) is 10.5. The molecule has 6 nitrogen and oxygen atoms in total. The van der Waals surface area contributed by atoms with Crippen molar-refractivity contribution in [2.24, 2.45) is 5.41 Å². The number of carbonyl (C=O) groups is 1. The molecule has 0 unspecified atom stereocenters. The molecule has 0 saturated carbocycles. The van der Waals surface area contributed by atoms with E-state index >= 15 is 0 Å². The lowest BCUT2D eigenvalue weighted by atomic mass is 9.79. The van der Waals surface area contributed by atoms with Crippen molar-refractivity contribution in [2.45, 2.75) is 19.8 Å². The number of piperidine rings is 1. The number of nitrogens with one attached hydrogen (secondary N) is 2. The Labute approximate surface area is 147 Å². The van der Waals surface area contributed by atoms with Crippen molar-refractivity contribution < 1.29 is 14.1 Å². The Morgan fingerprint density at radius 2 is 2.04 bits per heavy atom. The number of hydrogen-bond donors (Lipinski definition) is 2.